The number of esters is 1. The van der Waals surface area contributed by atoms with Crippen LogP contribution >= 0.6 is 11.3 Å². The average Bonchev–Trinajstić information content (AvgIpc) is 3.12. The fourth-order valence-corrected chi connectivity index (χ4v) is 3.02. The van der Waals surface area contributed by atoms with Gasteiger partial charge >= 0.3 is 5.97 Å². The fourth-order valence-electron chi connectivity index (χ4n) is 2.23. The van der Waals surface area contributed by atoms with E-state index in [1.54, 1.807) is 17.8 Å². The SMILES string of the molecule is CCOc1ccc(-c2nc(C(=O)OCc3cnccc3C)cs2)cc1. The molecule has 0 aliphatic carbocycles. The number of nitrogens with zero attached hydrogens (tertiary/aromatic N) is 2. The second-order valence-electron chi connectivity index (χ2n) is 5.37. The molecular weight excluding hydrogens is 336 g/mol. The highest BCUT2D eigenvalue weighted by Gasteiger charge is 2.14. The number of thiazole rings is 1. The van der Waals surface area contributed by atoms with Gasteiger partial charge in [-0.3, -0.25) is 4.98 Å². The predicted octanol–water partition coefficient (Wildman–Crippen LogP) is 4.27. The Labute approximate surface area is 150 Å². The number of benzene rings is 1. The molecule has 0 aliphatic rings. The van der Waals surface area contributed by atoms with Crippen molar-refractivity contribution in [3.8, 4) is 16.3 Å². The van der Waals surface area contributed by atoms with Gasteiger partial charge in [-0.1, -0.05) is 0 Å². The van der Waals surface area contributed by atoms with E-state index in [1.165, 1.54) is 11.3 Å². The van der Waals surface area contributed by atoms with Crippen LogP contribution in [0.2, 0.25) is 0 Å². The van der Waals surface area contributed by atoms with E-state index < -0.39 is 5.97 Å². The second kappa shape index (κ2) is 7.90. The topological polar surface area (TPSA) is 61.3 Å². The summed E-state index contributed by atoms with van der Waals surface area (Å²) < 4.78 is 10.8. The van der Waals surface area contributed by atoms with Gasteiger partial charge in [-0.15, -0.1) is 11.3 Å². The number of carbonyl (C=O) groups is 1. The Morgan fingerprint density at radius 2 is 2.00 bits per heavy atom. The molecule has 3 rings (SSSR count). The first-order chi connectivity index (χ1) is 12.2. The van der Waals surface area contributed by atoms with Crippen molar-refractivity contribution in [2.24, 2.45) is 0 Å². The van der Waals surface area contributed by atoms with Crippen molar-refractivity contribution in [1.82, 2.24) is 9.97 Å². The van der Waals surface area contributed by atoms with Crippen molar-refractivity contribution in [1.29, 1.82) is 0 Å². The van der Waals surface area contributed by atoms with E-state index in [4.69, 9.17) is 9.47 Å². The maximum atomic E-state index is 12.2. The van der Waals surface area contributed by atoms with Crippen molar-refractivity contribution in [3.63, 3.8) is 0 Å². The summed E-state index contributed by atoms with van der Waals surface area (Å²) in [5, 5.41) is 2.48. The van der Waals surface area contributed by atoms with Crippen LogP contribution in [0, 0.1) is 6.92 Å². The molecule has 0 radical (unpaired) electrons. The molecule has 0 atom stereocenters. The Balaban J connectivity index is 1.66. The predicted molar refractivity (Wildman–Crippen MR) is 96.8 cm³/mol. The molecule has 6 heteroatoms. The van der Waals surface area contributed by atoms with E-state index in [-0.39, 0.29) is 6.61 Å². The lowest BCUT2D eigenvalue weighted by atomic mass is 10.2. The van der Waals surface area contributed by atoms with Gasteiger partial charge < -0.3 is 9.47 Å². The highest BCUT2D eigenvalue weighted by Crippen LogP contribution is 2.26. The molecule has 0 spiro atoms. The highest BCUT2D eigenvalue weighted by atomic mass is 32.1. The normalized spacial score (nSPS) is 10.5. The van der Waals surface area contributed by atoms with Crippen LogP contribution < -0.4 is 4.74 Å². The summed E-state index contributed by atoms with van der Waals surface area (Å²) >= 11 is 1.41. The first kappa shape index (κ1) is 17.1. The van der Waals surface area contributed by atoms with Crippen molar-refractivity contribution < 1.29 is 14.3 Å². The summed E-state index contributed by atoms with van der Waals surface area (Å²) in [6, 6.07) is 9.53. The first-order valence-corrected chi connectivity index (χ1v) is 8.80. The number of carbonyl (C=O) groups excluding carboxylic acids is 1. The minimum atomic E-state index is -0.434. The summed E-state index contributed by atoms with van der Waals surface area (Å²) in [7, 11) is 0. The zero-order valence-corrected chi connectivity index (χ0v) is 14.9. The van der Waals surface area contributed by atoms with Crippen LogP contribution in [0.3, 0.4) is 0 Å². The molecule has 1 aromatic carbocycles. The van der Waals surface area contributed by atoms with Crippen LogP contribution in [0.25, 0.3) is 10.6 Å². The highest BCUT2D eigenvalue weighted by molar-refractivity contribution is 7.13. The van der Waals surface area contributed by atoms with E-state index >= 15 is 0 Å². The molecule has 128 valence electrons. The number of aryl methyl sites for hydroxylation is 1. The summed E-state index contributed by atoms with van der Waals surface area (Å²) in [6.45, 7) is 4.72. The molecule has 2 aromatic heterocycles. The molecule has 0 fully saturated rings. The van der Waals surface area contributed by atoms with Crippen LogP contribution in [-0.4, -0.2) is 22.5 Å². The van der Waals surface area contributed by atoms with Gasteiger partial charge in [0.1, 0.15) is 17.4 Å². The van der Waals surface area contributed by atoms with Crippen LogP contribution in [-0.2, 0) is 11.3 Å². The summed E-state index contributed by atoms with van der Waals surface area (Å²) in [4.78, 5) is 20.6. The number of aromatic nitrogens is 2. The molecule has 5 nitrogen and oxygen atoms in total. The summed E-state index contributed by atoms with van der Waals surface area (Å²) in [6.07, 6.45) is 3.42. The van der Waals surface area contributed by atoms with Gasteiger partial charge in [0.25, 0.3) is 0 Å². The van der Waals surface area contributed by atoms with Gasteiger partial charge in [0, 0.05) is 28.9 Å². The van der Waals surface area contributed by atoms with E-state index in [1.807, 2.05) is 44.2 Å². The lowest BCUT2D eigenvalue weighted by molar-refractivity contribution is 0.0466. The average molecular weight is 354 g/mol. The number of rotatable bonds is 6. The van der Waals surface area contributed by atoms with Gasteiger partial charge in [-0.05, 0) is 49.7 Å². The minimum absolute atomic E-state index is 0.189. The molecular formula is C19H18N2O3S. The molecule has 0 saturated carbocycles. The molecule has 0 N–H and O–H groups in total. The van der Waals surface area contributed by atoms with Crippen molar-refractivity contribution in [2.75, 3.05) is 6.61 Å². The maximum absolute atomic E-state index is 12.2. The Kier molecular flexibility index (Phi) is 5.40. The van der Waals surface area contributed by atoms with Crippen LogP contribution in [0.4, 0.5) is 0 Å². The zero-order valence-electron chi connectivity index (χ0n) is 14.1. The lowest BCUT2D eigenvalue weighted by Crippen LogP contribution is -2.06. The fraction of sp³-hybridized carbons (Fsp3) is 0.211. The van der Waals surface area contributed by atoms with Gasteiger partial charge in [0.05, 0.1) is 6.61 Å². The monoisotopic (exact) mass is 354 g/mol. The molecule has 0 bridgehead atoms. The van der Waals surface area contributed by atoms with Crippen molar-refractivity contribution >= 4 is 17.3 Å². The van der Waals surface area contributed by atoms with Gasteiger partial charge in [-0.25, -0.2) is 9.78 Å². The Morgan fingerprint density at radius 3 is 2.72 bits per heavy atom. The van der Waals surface area contributed by atoms with Gasteiger partial charge in [-0.2, -0.15) is 0 Å². The van der Waals surface area contributed by atoms with Crippen LogP contribution in [0.5, 0.6) is 5.75 Å². The van der Waals surface area contributed by atoms with E-state index in [2.05, 4.69) is 9.97 Å². The second-order valence-corrected chi connectivity index (χ2v) is 6.23. The minimum Gasteiger partial charge on any atom is -0.494 e. The Bertz CT molecular complexity index is 859. The third-order valence-electron chi connectivity index (χ3n) is 3.63. The van der Waals surface area contributed by atoms with Crippen LogP contribution in [0.15, 0.2) is 48.1 Å². The number of pyridine rings is 1. The lowest BCUT2D eigenvalue weighted by Gasteiger charge is -2.05. The third-order valence-corrected chi connectivity index (χ3v) is 4.52. The number of hydrogen-bond donors (Lipinski definition) is 0. The van der Waals surface area contributed by atoms with E-state index in [0.29, 0.717) is 12.3 Å². The van der Waals surface area contributed by atoms with Crippen molar-refractivity contribution in [3.05, 3.63) is 64.9 Å². The van der Waals surface area contributed by atoms with E-state index in [9.17, 15) is 4.79 Å². The number of hydrogen-bond acceptors (Lipinski definition) is 6. The Morgan fingerprint density at radius 1 is 1.20 bits per heavy atom. The van der Waals surface area contributed by atoms with E-state index in [0.717, 1.165) is 27.4 Å². The molecule has 25 heavy (non-hydrogen) atoms. The standard InChI is InChI=1S/C19H18N2O3S/c1-3-23-16-6-4-14(5-7-16)18-21-17(12-25-18)19(22)24-11-15-10-20-9-8-13(15)2/h4-10,12H,3,11H2,1-2H3. The maximum Gasteiger partial charge on any atom is 0.358 e. The molecule has 2 heterocycles. The molecule has 0 saturated heterocycles. The Hall–Kier alpha value is -2.73. The molecule has 0 amide bonds. The quantitative estimate of drug-likeness (QED) is 0.619. The van der Waals surface area contributed by atoms with Crippen LogP contribution in [0.1, 0.15) is 28.5 Å². The van der Waals surface area contributed by atoms with Crippen molar-refractivity contribution in [2.45, 2.75) is 20.5 Å². The summed E-state index contributed by atoms with van der Waals surface area (Å²) in [5.41, 5.74) is 3.18. The summed E-state index contributed by atoms with van der Waals surface area (Å²) in [5.74, 6) is 0.381. The largest absolute Gasteiger partial charge is 0.494 e. The molecule has 0 unspecified atom stereocenters. The first-order valence-electron chi connectivity index (χ1n) is 7.92. The number of ether oxygens (including phenoxy) is 2. The molecule has 3 aromatic rings. The zero-order chi connectivity index (χ0) is 17.6. The van der Waals surface area contributed by atoms with Gasteiger partial charge in [0.2, 0.25) is 0 Å². The molecule has 0 aliphatic heterocycles. The third kappa shape index (κ3) is 4.22. The smallest absolute Gasteiger partial charge is 0.358 e. The van der Waals surface area contributed by atoms with Gasteiger partial charge in [0.15, 0.2) is 5.69 Å².